The van der Waals surface area contributed by atoms with Crippen LogP contribution in [0.15, 0.2) is 30.5 Å². The monoisotopic (exact) mass is 425 g/mol. The van der Waals surface area contributed by atoms with Crippen LogP contribution in [-0.2, 0) is 17.8 Å². The maximum atomic E-state index is 14.2. The highest BCUT2D eigenvalue weighted by molar-refractivity contribution is 6.05. The Hall–Kier alpha value is -2.77. The molecule has 0 spiro atoms. The van der Waals surface area contributed by atoms with Gasteiger partial charge in [-0.15, -0.1) is 5.10 Å². The van der Waals surface area contributed by atoms with Gasteiger partial charge in [-0.05, 0) is 36.8 Å². The number of hydrogen-bond acceptors (Lipinski definition) is 4. The van der Waals surface area contributed by atoms with Crippen molar-refractivity contribution >= 4 is 17.5 Å². The lowest BCUT2D eigenvalue weighted by atomic mass is 10.0. The van der Waals surface area contributed by atoms with Crippen molar-refractivity contribution in [1.29, 1.82) is 0 Å². The quantitative estimate of drug-likeness (QED) is 0.738. The number of nitrogens with zero attached hydrogens (tertiary/aromatic N) is 5. The fourth-order valence-electron chi connectivity index (χ4n) is 5.31. The van der Waals surface area contributed by atoms with Crippen LogP contribution in [0.25, 0.3) is 0 Å². The van der Waals surface area contributed by atoms with Gasteiger partial charge in [0.25, 0.3) is 5.91 Å². The minimum Gasteiger partial charge on any atom is -0.335 e. The van der Waals surface area contributed by atoms with E-state index in [1.807, 2.05) is 24.3 Å². The number of amides is 2. The zero-order valence-corrected chi connectivity index (χ0v) is 17.6. The molecule has 0 radical (unpaired) electrons. The molecule has 5 rings (SSSR count). The number of alkyl halides is 1. The SMILES string of the molecule is O=C(c1cn(C[C@@H]2C[C@H](F)CN2C(=O)CC2CCCC2)nn1)N1CCc2ccccc21. The van der Waals surface area contributed by atoms with Crippen LogP contribution in [0.1, 0.15) is 54.6 Å². The molecule has 2 aromatic rings. The Kier molecular flexibility index (Phi) is 5.46. The number of aromatic nitrogens is 3. The number of halogens is 1. The van der Waals surface area contributed by atoms with E-state index < -0.39 is 6.17 Å². The average molecular weight is 426 g/mol. The molecule has 31 heavy (non-hydrogen) atoms. The Morgan fingerprint density at radius 3 is 2.81 bits per heavy atom. The summed E-state index contributed by atoms with van der Waals surface area (Å²) in [7, 11) is 0. The fraction of sp³-hybridized carbons (Fsp3) is 0.565. The normalized spacial score (nSPS) is 23.5. The van der Waals surface area contributed by atoms with Gasteiger partial charge in [0.2, 0.25) is 5.91 Å². The van der Waals surface area contributed by atoms with Crippen molar-refractivity contribution < 1.29 is 14.0 Å². The topological polar surface area (TPSA) is 71.3 Å². The maximum absolute atomic E-state index is 14.2. The second-order valence-corrected chi connectivity index (χ2v) is 9.05. The molecule has 0 unspecified atom stereocenters. The Morgan fingerprint density at radius 2 is 1.97 bits per heavy atom. The van der Waals surface area contributed by atoms with Gasteiger partial charge in [-0.3, -0.25) is 9.59 Å². The van der Waals surface area contributed by atoms with Gasteiger partial charge in [-0.2, -0.15) is 0 Å². The molecule has 1 aliphatic carbocycles. The van der Waals surface area contributed by atoms with E-state index in [9.17, 15) is 14.0 Å². The Balaban J connectivity index is 1.25. The molecule has 2 aliphatic heterocycles. The van der Waals surface area contributed by atoms with Crippen molar-refractivity contribution in [3.63, 3.8) is 0 Å². The predicted molar refractivity (Wildman–Crippen MR) is 113 cm³/mol. The molecule has 1 aromatic carbocycles. The van der Waals surface area contributed by atoms with E-state index in [-0.39, 0.29) is 30.1 Å². The molecule has 3 aliphatic rings. The van der Waals surface area contributed by atoms with Gasteiger partial charge in [-0.1, -0.05) is 36.3 Å². The van der Waals surface area contributed by atoms with Crippen molar-refractivity contribution in [3.05, 3.63) is 41.7 Å². The van der Waals surface area contributed by atoms with Gasteiger partial charge < -0.3 is 9.80 Å². The van der Waals surface area contributed by atoms with Crippen molar-refractivity contribution in [1.82, 2.24) is 19.9 Å². The highest BCUT2D eigenvalue weighted by Crippen LogP contribution is 2.31. The van der Waals surface area contributed by atoms with E-state index in [1.54, 1.807) is 20.7 Å². The summed E-state index contributed by atoms with van der Waals surface area (Å²) in [5, 5.41) is 8.18. The molecule has 8 heteroatoms. The Bertz CT molecular complexity index is 970. The Morgan fingerprint density at radius 1 is 1.16 bits per heavy atom. The molecule has 0 bridgehead atoms. The predicted octanol–water partition coefficient (Wildman–Crippen LogP) is 3.00. The van der Waals surface area contributed by atoms with Gasteiger partial charge in [0, 0.05) is 25.1 Å². The first-order chi connectivity index (χ1) is 15.1. The Labute approximate surface area is 181 Å². The van der Waals surface area contributed by atoms with Crippen molar-refractivity contribution in [2.45, 2.75) is 63.7 Å². The van der Waals surface area contributed by atoms with Crippen molar-refractivity contribution in [3.8, 4) is 0 Å². The first kappa shape index (κ1) is 20.2. The summed E-state index contributed by atoms with van der Waals surface area (Å²) < 4.78 is 15.8. The second-order valence-electron chi connectivity index (χ2n) is 9.05. The van der Waals surface area contributed by atoms with Crippen molar-refractivity contribution in [2.75, 3.05) is 18.0 Å². The maximum Gasteiger partial charge on any atom is 0.280 e. The third-order valence-electron chi connectivity index (χ3n) is 6.91. The molecular weight excluding hydrogens is 397 g/mol. The standard InChI is InChI=1S/C23H28FN5O2/c24-18-12-19(29(13-18)22(30)11-16-5-1-2-6-16)14-27-15-20(25-26-27)23(31)28-10-9-17-7-3-4-8-21(17)28/h3-4,7-8,15-16,18-19H,1-2,5-6,9-14H2/t18-,19-/m0/s1. The number of fused-ring (bicyclic) bond motifs is 1. The number of rotatable bonds is 5. The van der Waals surface area contributed by atoms with Crippen LogP contribution < -0.4 is 4.90 Å². The summed E-state index contributed by atoms with van der Waals surface area (Å²) in [5.41, 5.74) is 2.34. The lowest BCUT2D eigenvalue weighted by molar-refractivity contribution is -0.133. The first-order valence-electron chi connectivity index (χ1n) is 11.3. The van der Waals surface area contributed by atoms with Crippen LogP contribution in [-0.4, -0.2) is 57.0 Å². The molecule has 7 nitrogen and oxygen atoms in total. The molecule has 2 amide bonds. The van der Waals surface area contributed by atoms with E-state index >= 15 is 0 Å². The third-order valence-corrected chi connectivity index (χ3v) is 6.91. The molecule has 3 heterocycles. The minimum atomic E-state index is -1.01. The van der Waals surface area contributed by atoms with Crippen molar-refractivity contribution in [2.24, 2.45) is 5.92 Å². The number of likely N-dealkylation sites (tertiary alicyclic amines) is 1. The number of para-hydroxylation sites is 1. The van der Waals surface area contributed by atoms with Crippen LogP contribution in [0.5, 0.6) is 0 Å². The van der Waals surface area contributed by atoms with Crippen LogP contribution in [0.4, 0.5) is 10.1 Å². The second kappa shape index (κ2) is 8.40. The number of carbonyl (C=O) groups excluding carboxylic acids is 2. The smallest absolute Gasteiger partial charge is 0.280 e. The molecule has 2 atom stereocenters. The number of hydrogen-bond donors (Lipinski definition) is 0. The van der Waals surface area contributed by atoms with E-state index in [2.05, 4.69) is 10.3 Å². The summed E-state index contributed by atoms with van der Waals surface area (Å²) in [4.78, 5) is 29.2. The van der Waals surface area contributed by atoms with E-state index in [4.69, 9.17) is 0 Å². The lowest BCUT2D eigenvalue weighted by Crippen LogP contribution is -2.39. The molecule has 1 saturated heterocycles. The van der Waals surface area contributed by atoms with E-state index in [0.29, 0.717) is 31.8 Å². The van der Waals surface area contributed by atoms with Crippen LogP contribution in [0.3, 0.4) is 0 Å². The van der Waals surface area contributed by atoms with Gasteiger partial charge in [-0.25, -0.2) is 9.07 Å². The fourth-order valence-corrected chi connectivity index (χ4v) is 5.31. The molecule has 2 fully saturated rings. The first-order valence-corrected chi connectivity index (χ1v) is 11.3. The third kappa shape index (κ3) is 4.07. The van der Waals surface area contributed by atoms with Gasteiger partial charge in [0.05, 0.1) is 25.3 Å². The largest absolute Gasteiger partial charge is 0.335 e. The van der Waals surface area contributed by atoms with E-state index in [1.165, 1.54) is 12.8 Å². The van der Waals surface area contributed by atoms with Crippen LogP contribution in [0, 0.1) is 5.92 Å². The average Bonchev–Trinajstić information content (AvgIpc) is 3.55. The van der Waals surface area contributed by atoms with Gasteiger partial charge >= 0.3 is 0 Å². The van der Waals surface area contributed by atoms with Crippen LogP contribution >= 0.6 is 0 Å². The summed E-state index contributed by atoms with van der Waals surface area (Å²) in [6.07, 6.45) is 6.81. The number of benzene rings is 1. The zero-order valence-electron chi connectivity index (χ0n) is 17.6. The summed E-state index contributed by atoms with van der Waals surface area (Å²) >= 11 is 0. The summed E-state index contributed by atoms with van der Waals surface area (Å²) in [5.74, 6) is 0.299. The summed E-state index contributed by atoms with van der Waals surface area (Å²) in [6.45, 7) is 1.13. The highest BCUT2D eigenvalue weighted by Gasteiger charge is 2.37. The molecule has 0 N–H and O–H groups in total. The summed E-state index contributed by atoms with van der Waals surface area (Å²) in [6, 6.07) is 7.62. The number of anilines is 1. The molecular formula is C23H28FN5O2. The van der Waals surface area contributed by atoms with Gasteiger partial charge in [0.15, 0.2) is 5.69 Å². The van der Waals surface area contributed by atoms with Gasteiger partial charge in [0.1, 0.15) is 6.17 Å². The minimum absolute atomic E-state index is 0.0436. The zero-order chi connectivity index (χ0) is 21.4. The molecule has 164 valence electrons. The highest BCUT2D eigenvalue weighted by atomic mass is 19.1. The molecule has 1 saturated carbocycles. The molecule has 1 aromatic heterocycles. The lowest BCUT2D eigenvalue weighted by Gasteiger charge is -2.25. The van der Waals surface area contributed by atoms with E-state index in [0.717, 1.165) is 30.5 Å². The van der Waals surface area contributed by atoms with Crippen LogP contribution in [0.2, 0.25) is 0 Å². The number of carbonyl (C=O) groups is 2.